The Hall–Kier alpha value is -2.91. The summed E-state index contributed by atoms with van der Waals surface area (Å²) in [7, 11) is 1.57. The van der Waals surface area contributed by atoms with Crippen LogP contribution in [0.2, 0.25) is 0 Å². The summed E-state index contributed by atoms with van der Waals surface area (Å²) in [6.45, 7) is 17.5. The van der Waals surface area contributed by atoms with Gasteiger partial charge in [-0.25, -0.2) is 9.48 Å². The number of hydrogen-bond acceptors (Lipinski definition) is 7. The zero-order chi connectivity index (χ0) is 28.8. The lowest BCUT2D eigenvalue weighted by atomic mass is 9.92. The highest BCUT2D eigenvalue weighted by Gasteiger charge is 2.31. The van der Waals surface area contributed by atoms with Crippen LogP contribution in [0.1, 0.15) is 83.5 Å². The molecule has 1 aromatic carbocycles. The second-order valence-corrected chi connectivity index (χ2v) is 11.6. The Balaban J connectivity index is 1.33. The van der Waals surface area contributed by atoms with E-state index >= 15 is 0 Å². The molecule has 0 unspecified atom stereocenters. The van der Waals surface area contributed by atoms with E-state index < -0.39 is 5.63 Å². The van der Waals surface area contributed by atoms with E-state index in [0.29, 0.717) is 30.2 Å². The largest absolute Gasteiger partial charge is 0.490 e. The molecule has 0 aliphatic carbocycles. The second-order valence-electron chi connectivity index (χ2n) is 11.6. The van der Waals surface area contributed by atoms with Gasteiger partial charge < -0.3 is 23.1 Å². The first-order chi connectivity index (χ1) is 19.2. The van der Waals surface area contributed by atoms with Crippen molar-refractivity contribution in [1.29, 1.82) is 0 Å². The van der Waals surface area contributed by atoms with E-state index in [1.807, 2.05) is 12.3 Å². The maximum atomic E-state index is 12.5. The molecule has 0 atom stereocenters. The minimum Gasteiger partial charge on any atom is -0.490 e. The Morgan fingerprint density at radius 1 is 1.07 bits per heavy atom. The highest BCUT2D eigenvalue weighted by molar-refractivity contribution is 5.89. The molecule has 0 fully saturated rings. The van der Waals surface area contributed by atoms with Crippen molar-refractivity contribution in [2.24, 2.45) is 0 Å². The molecule has 220 valence electrons. The highest BCUT2D eigenvalue weighted by atomic mass is 16.5. The van der Waals surface area contributed by atoms with E-state index in [2.05, 4.69) is 44.9 Å². The lowest BCUT2D eigenvalue weighted by Gasteiger charge is -2.35. The van der Waals surface area contributed by atoms with Crippen LogP contribution in [0.3, 0.4) is 0 Å². The van der Waals surface area contributed by atoms with Gasteiger partial charge in [0.1, 0.15) is 11.3 Å². The molecular formula is C31H47N4O5+. The zero-order valence-electron chi connectivity index (χ0n) is 25.3. The number of benzene rings is 1. The van der Waals surface area contributed by atoms with Crippen LogP contribution < -0.4 is 15.1 Å². The van der Waals surface area contributed by atoms with Crippen molar-refractivity contribution < 1.29 is 23.1 Å². The average Bonchev–Trinajstić information content (AvgIpc) is 3.38. The predicted octanol–water partition coefficient (Wildman–Crippen LogP) is 5.50. The summed E-state index contributed by atoms with van der Waals surface area (Å²) >= 11 is 0. The summed E-state index contributed by atoms with van der Waals surface area (Å²) in [5.74, 6) is 1.12. The summed E-state index contributed by atoms with van der Waals surface area (Å²) in [5, 5.41) is 9.38. The topological polar surface area (TPSA) is 88.6 Å². The molecule has 0 spiro atoms. The van der Waals surface area contributed by atoms with Crippen LogP contribution >= 0.6 is 0 Å². The van der Waals surface area contributed by atoms with Gasteiger partial charge in [0.05, 0.1) is 52.6 Å². The number of aryl methyl sites for hydroxylation is 1. The molecule has 9 heteroatoms. The lowest BCUT2D eigenvalue weighted by molar-refractivity contribution is -0.923. The molecule has 4 rings (SSSR count). The van der Waals surface area contributed by atoms with E-state index in [0.717, 1.165) is 48.1 Å². The summed E-state index contributed by atoms with van der Waals surface area (Å²) in [5.41, 5.74) is 2.26. The van der Waals surface area contributed by atoms with Crippen molar-refractivity contribution in [2.75, 3.05) is 39.9 Å². The van der Waals surface area contributed by atoms with Gasteiger partial charge in [0.25, 0.3) is 0 Å². The minimum absolute atomic E-state index is 0.310. The molecule has 40 heavy (non-hydrogen) atoms. The molecule has 0 bridgehead atoms. The van der Waals surface area contributed by atoms with E-state index in [4.69, 9.17) is 18.6 Å². The van der Waals surface area contributed by atoms with Crippen molar-refractivity contribution in [3.8, 4) is 11.5 Å². The van der Waals surface area contributed by atoms with Crippen LogP contribution in [-0.4, -0.2) is 65.0 Å². The third-order valence-corrected chi connectivity index (χ3v) is 8.54. The number of hydrogen-bond donors (Lipinski definition) is 0. The number of nitrogens with zero attached hydrogens (tertiary/aromatic N) is 4. The smallest absolute Gasteiger partial charge is 0.336 e. The quantitative estimate of drug-likeness (QED) is 0.139. The van der Waals surface area contributed by atoms with E-state index in [9.17, 15) is 4.79 Å². The molecule has 0 radical (unpaired) electrons. The van der Waals surface area contributed by atoms with E-state index in [-0.39, 0.29) is 5.60 Å². The number of aromatic nitrogens is 3. The van der Waals surface area contributed by atoms with E-state index in [1.165, 1.54) is 56.0 Å². The second kappa shape index (κ2) is 13.2. The van der Waals surface area contributed by atoms with Gasteiger partial charge in [-0.15, -0.1) is 5.10 Å². The number of ether oxygens (including phenoxy) is 3. The van der Waals surface area contributed by atoms with Gasteiger partial charge in [-0.3, -0.25) is 0 Å². The molecule has 0 N–H and O–H groups in total. The first-order valence-electron chi connectivity index (χ1n) is 14.9. The third kappa shape index (κ3) is 7.04. The normalized spacial score (nSPS) is 14.8. The fourth-order valence-electron chi connectivity index (χ4n) is 5.73. The van der Waals surface area contributed by atoms with Crippen LogP contribution in [0.4, 0.5) is 0 Å². The molecule has 1 aliphatic rings. The van der Waals surface area contributed by atoms with Crippen molar-refractivity contribution in [1.82, 2.24) is 15.0 Å². The van der Waals surface area contributed by atoms with Crippen molar-refractivity contribution in [3.05, 3.63) is 45.6 Å². The number of methoxy groups -OCH3 is 1. The van der Waals surface area contributed by atoms with Crippen LogP contribution in [0.5, 0.6) is 11.5 Å². The SMILES string of the molecule is CC[N+](CC)(CC)CCCCCCOCc1cn(Cc2cc(=O)oc3c(OC)c4c(cc23)CCC(C)(C)O4)nn1. The zero-order valence-corrected chi connectivity index (χ0v) is 25.3. The molecule has 0 saturated heterocycles. The fraction of sp³-hybridized carbons (Fsp3) is 0.645. The highest BCUT2D eigenvalue weighted by Crippen LogP contribution is 2.45. The number of unbranched alkanes of at least 4 members (excludes halogenated alkanes) is 3. The Morgan fingerprint density at radius 3 is 2.55 bits per heavy atom. The van der Waals surface area contributed by atoms with Gasteiger partial charge in [0.15, 0.2) is 11.3 Å². The number of fused-ring (bicyclic) bond motifs is 2. The Bertz CT molecular complexity index is 1320. The predicted molar refractivity (Wildman–Crippen MR) is 156 cm³/mol. The standard InChI is InChI=1S/C31H47N4O5/c1-7-35(8-2,9-3)16-12-10-11-13-17-38-22-25-21-34(33-32-25)20-24-19-27(36)39-29-26(24)18-23-14-15-31(4,5)40-28(23)30(29)37-6/h18-19,21H,7-17,20,22H2,1-6H3/q+1. The molecule has 1 aliphatic heterocycles. The minimum atomic E-state index is -0.441. The molecular weight excluding hydrogens is 508 g/mol. The number of rotatable bonds is 15. The summed E-state index contributed by atoms with van der Waals surface area (Å²) in [6, 6.07) is 3.57. The van der Waals surface area contributed by atoms with Crippen molar-refractivity contribution in [2.45, 2.75) is 91.9 Å². The van der Waals surface area contributed by atoms with Crippen molar-refractivity contribution in [3.63, 3.8) is 0 Å². The van der Waals surface area contributed by atoms with Gasteiger partial charge in [0, 0.05) is 18.1 Å². The van der Waals surface area contributed by atoms with E-state index in [1.54, 1.807) is 11.8 Å². The van der Waals surface area contributed by atoms with Gasteiger partial charge in [0.2, 0.25) is 5.75 Å². The van der Waals surface area contributed by atoms with Gasteiger partial charge in [-0.05, 0) is 83.9 Å². The van der Waals surface area contributed by atoms with Gasteiger partial charge in [-0.1, -0.05) is 11.6 Å². The van der Waals surface area contributed by atoms with Crippen LogP contribution in [0.25, 0.3) is 11.0 Å². The monoisotopic (exact) mass is 555 g/mol. The Morgan fingerprint density at radius 2 is 1.82 bits per heavy atom. The molecule has 2 aromatic heterocycles. The van der Waals surface area contributed by atoms with Crippen LogP contribution in [0, 0.1) is 0 Å². The first-order valence-corrected chi connectivity index (χ1v) is 14.9. The molecule has 9 nitrogen and oxygen atoms in total. The maximum absolute atomic E-state index is 12.5. The fourth-order valence-corrected chi connectivity index (χ4v) is 5.73. The van der Waals surface area contributed by atoms with Crippen LogP contribution in [0.15, 0.2) is 27.5 Å². The van der Waals surface area contributed by atoms with Crippen LogP contribution in [-0.2, 0) is 24.3 Å². The molecule has 3 heterocycles. The summed E-state index contributed by atoms with van der Waals surface area (Å²) < 4.78 is 26.4. The number of quaternary nitrogens is 1. The summed E-state index contributed by atoms with van der Waals surface area (Å²) in [6.07, 6.45) is 8.38. The van der Waals surface area contributed by atoms with Gasteiger partial charge in [-0.2, -0.15) is 0 Å². The van der Waals surface area contributed by atoms with Crippen molar-refractivity contribution >= 4 is 11.0 Å². The Labute approximate surface area is 238 Å². The lowest BCUT2D eigenvalue weighted by Crippen LogP contribution is -2.48. The molecule has 0 saturated carbocycles. The molecule has 3 aromatic rings. The maximum Gasteiger partial charge on any atom is 0.336 e. The average molecular weight is 556 g/mol. The summed E-state index contributed by atoms with van der Waals surface area (Å²) in [4.78, 5) is 12.5. The van der Waals surface area contributed by atoms with Gasteiger partial charge >= 0.3 is 5.63 Å². The Kier molecular flexibility index (Phi) is 9.90. The third-order valence-electron chi connectivity index (χ3n) is 8.54. The first kappa shape index (κ1) is 30.1. The molecule has 0 amide bonds.